The van der Waals surface area contributed by atoms with Crippen LogP contribution in [0.1, 0.15) is 5.56 Å². The van der Waals surface area contributed by atoms with Crippen LogP contribution in [-0.2, 0) is 0 Å². The molecule has 0 saturated carbocycles. The normalized spacial score (nSPS) is 11.0. The summed E-state index contributed by atoms with van der Waals surface area (Å²) in [6.45, 7) is 0. The Bertz CT molecular complexity index is 1090. The molecule has 3 aromatic heterocycles. The van der Waals surface area contributed by atoms with Crippen molar-refractivity contribution in [2.24, 2.45) is 0 Å². The fourth-order valence-corrected chi connectivity index (χ4v) is 3.62. The van der Waals surface area contributed by atoms with Crippen molar-refractivity contribution in [1.29, 1.82) is 5.26 Å². The smallest absolute Gasteiger partial charge is 0.156 e. The Morgan fingerprint density at radius 1 is 1.30 bits per heavy atom. The van der Waals surface area contributed by atoms with E-state index in [1.54, 1.807) is 41.3 Å². The van der Waals surface area contributed by atoms with Gasteiger partial charge in [-0.2, -0.15) is 5.26 Å². The largest absolute Gasteiger partial charge is 0.496 e. The first-order valence-electron chi connectivity index (χ1n) is 6.95. The first-order valence-corrected chi connectivity index (χ1v) is 7.82. The van der Waals surface area contributed by atoms with Gasteiger partial charge in [-0.05, 0) is 29.6 Å². The number of fused-ring (bicyclic) bond motifs is 2. The van der Waals surface area contributed by atoms with E-state index in [1.807, 2.05) is 17.5 Å². The minimum absolute atomic E-state index is 0.504. The zero-order valence-corrected chi connectivity index (χ0v) is 13.1. The number of methoxy groups -OCH3 is 1. The molecule has 5 nitrogen and oxygen atoms in total. The van der Waals surface area contributed by atoms with Gasteiger partial charge in [0.05, 0.1) is 12.7 Å². The van der Waals surface area contributed by atoms with Crippen LogP contribution in [0.15, 0.2) is 42.0 Å². The molecule has 0 atom stereocenters. The molecule has 6 heteroatoms. The van der Waals surface area contributed by atoms with Crippen LogP contribution in [0.2, 0.25) is 0 Å². The molecule has 23 heavy (non-hydrogen) atoms. The van der Waals surface area contributed by atoms with Crippen molar-refractivity contribution in [3.05, 3.63) is 47.6 Å². The third-order valence-corrected chi connectivity index (χ3v) is 4.80. The minimum atomic E-state index is 0.504. The summed E-state index contributed by atoms with van der Waals surface area (Å²) in [7, 11) is 1.64. The van der Waals surface area contributed by atoms with E-state index in [9.17, 15) is 0 Å². The summed E-state index contributed by atoms with van der Waals surface area (Å²) in [5, 5.41) is 12.3. The maximum Gasteiger partial charge on any atom is 0.156 e. The van der Waals surface area contributed by atoms with E-state index in [2.05, 4.69) is 17.1 Å². The number of aromatic nitrogens is 2. The Kier molecular flexibility index (Phi) is 2.96. The van der Waals surface area contributed by atoms with Crippen LogP contribution in [0.4, 0.5) is 5.82 Å². The molecular formula is C17H12N4OS. The maximum atomic E-state index is 9.13. The number of hydrogen-bond donors (Lipinski definition) is 1. The van der Waals surface area contributed by atoms with Crippen molar-refractivity contribution < 1.29 is 4.74 Å². The fraction of sp³-hybridized carbons (Fsp3) is 0.0588. The number of anilines is 1. The molecule has 112 valence electrons. The fourth-order valence-electron chi connectivity index (χ4n) is 2.82. The van der Waals surface area contributed by atoms with Crippen LogP contribution >= 0.6 is 11.3 Å². The summed E-state index contributed by atoms with van der Waals surface area (Å²) < 4.78 is 8.42. The lowest BCUT2D eigenvalue weighted by molar-refractivity contribution is 0.417. The Morgan fingerprint density at radius 3 is 2.96 bits per heavy atom. The first-order chi connectivity index (χ1) is 11.2. The predicted octanol–water partition coefficient (Wildman–Crippen LogP) is 3.68. The van der Waals surface area contributed by atoms with E-state index in [0.29, 0.717) is 17.0 Å². The third-order valence-electron chi connectivity index (χ3n) is 3.92. The van der Waals surface area contributed by atoms with Crippen LogP contribution < -0.4 is 10.5 Å². The molecule has 4 aromatic rings. The molecule has 0 spiro atoms. The summed E-state index contributed by atoms with van der Waals surface area (Å²) >= 11 is 1.67. The van der Waals surface area contributed by atoms with Crippen molar-refractivity contribution >= 4 is 32.9 Å². The lowest BCUT2D eigenvalue weighted by Crippen LogP contribution is -2.02. The average molecular weight is 320 g/mol. The number of nitrogens with zero attached hydrogens (tertiary/aromatic N) is 3. The van der Waals surface area contributed by atoms with Crippen molar-refractivity contribution in [3.8, 4) is 22.9 Å². The number of nitrogen functional groups attached to an aromatic ring is 1. The molecule has 0 aliphatic rings. The van der Waals surface area contributed by atoms with Gasteiger partial charge >= 0.3 is 0 Å². The van der Waals surface area contributed by atoms with Gasteiger partial charge in [0.25, 0.3) is 0 Å². The van der Waals surface area contributed by atoms with E-state index in [0.717, 1.165) is 27.0 Å². The second-order valence-corrected chi connectivity index (χ2v) is 6.01. The molecule has 3 heterocycles. The number of nitrogens with two attached hydrogens (primary N) is 1. The van der Waals surface area contributed by atoms with Crippen LogP contribution in [0.3, 0.4) is 0 Å². The zero-order valence-electron chi connectivity index (χ0n) is 12.3. The molecule has 0 fully saturated rings. The van der Waals surface area contributed by atoms with Gasteiger partial charge in [-0.15, -0.1) is 11.3 Å². The number of nitriles is 1. The highest BCUT2D eigenvalue weighted by Gasteiger charge is 2.17. The molecular weight excluding hydrogens is 308 g/mol. The van der Waals surface area contributed by atoms with E-state index in [1.165, 1.54) is 0 Å². The van der Waals surface area contributed by atoms with E-state index < -0.39 is 0 Å². The van der Waals surface area contributed by atoms with Gasteiger partial charge < -0.3 is 10.5 Å². The highest BCUT2D eigenvalue weighted by molar-refractivity contribution is 7.17. The van der Waals surface area contributed by atoms with E-state index in [-0.39, 0.29) is 0 Å². The summed E-state index contributed by atoms with van der Waals surface area (Å²) in [5.74, 6) is 1.28. The van der Waals surface area contributed by atoms with Gasteiger partial charge in [0, 0.05) is 33.6 Å². The Morgan fingerprint density at radius 2 is 2.17 bits per heavy atom. The average Bonchev–Trinajstić information content (AvgIpc) is 3.21. The molecule has 0 saturated heterocycles. The molecule has 0 aliphatic carbocycles. The van der Waals surface area contributed by atoms with E-state index in [4.69, 9.17) is 15.7 Å². The SMILES string of the molecule is COc1ccc2sccc2c1-c1cnc2c(C#N)ccn2c1N. The molecule has 1 aromatic carbocycles. The molecule has 0 unspecified atom stereocenters. The topological polar surface area (TPSA) is 76.3 Å². The Hall–Kier alpha value is -3.04. The van der Waals surface area contributed by atoms with Crippen LogP contribution in [-0.4, -0.2) is 16.5 Å². The lowest BCUT2D eigenvalue weighted by atomic mass is 10.0. The van der Waals surface area contributed by atoms with Crippen molar-refractivity contribution in [3.63, 3.8) is 0 Å². The quantitative estimate of drug-likeness (QED) is 0.611. The second kappa shape index (κ2) is 5.00. The van der Waals surface area contributed by atoms with Gasteiger partial charge in [0.1, 0.15) is 17.6 Å². The van der Waals surface area contributed by atoms with Crippen LogP contribution in [0.5, 0.6) is 5.75 Å². The first kappa shape index (κ1) is 13.6. The molecule has 0 aliphatic heterocycles. The second-order valence-electron chi connectivity index (χ2n) is 5.07. The van der Waals surface area contributed by atoms with Gasteiger partial charge in [-0.3, -0.25) is 4.40 Å². The maximum absolute atomic E-state index is 9.13. The molecule has 0 bridgehead atoms. The molecule has 0 amide bonds. The minimum Gasteiger partial charge on any atom is -0.496 e. The number of ether oxygens (including phenoxy) is 1. The van der Waals surface area contributed by atoms with Gasteiger partial charge in [-0.25, -0.2) is 4.98 Å². The third kappa shape index (κ3) is 1.87. The van der Waals surface area contributed by atoms with Gasteiger partial charge in [0.15, 0.2) is 5.65 Å². The van der Waals surface area contributed by atoms with Crippen LogP contribution in [0.25, 0.3) is 26.9 Å². The van der Waals surface area contributed by atoms with E-state index >= 15 is 0 Å². The number of rotatable bonds is 2. The number of benzene rings is 1. The molecule has 0 radical (unpaired) electrons. The summed E-state index contributed by atoms with van der Waals surface area (Å²) in [6, 6.07) is 9.86. The Labute approximate surface area is 136 Å². The van der Waals surface area contributed by atoms with Crippen LogP contribution in [0, 0.1) is 11.3 Å². The zero-order chi connectivity index (χ0) is 16.0. The van der Waals surface area contributed by atoms with Crippen molar-refractivity contribution in [2.75, 3.05) is 12.8 Å². The Balaban J connectivity index is 2.09. The van der Waals surface area contributed by atoms with Crippen molar-refractivity contribution in [1.82, 2.24) is 9.38 Å². The number of thiophene rings is 1. The van der Waals surface area contributed by atoms with Gasteiger partial charge in [-0.1, -0.05) is 0 Å². The lowest BCUT2D eigenvalue weighted by Gasteiger charge is -2.13. The molecule has 4 rings (SSSR count). The number of hydrogen-bond acceptors (Lipinski definition) is 5. The summed E-state index contributed by atoms with van der Waals surface area (Å²) in [4.78, 5) is 4.42. The van der Waals surface area contributed by atoms with Gasteiger partial charge in [0.2, 0.25) is 0 Å². The van der Waals surface area contributed by atoms with Crippen molar-refractivity contribution in [2.45, 2.75) is 0 Å². The predicted molar refractivity (Wildman–Crippen MR) is 91.7 cm³/mol. The standard InChI is InChI=1S/C17H12N4OS/c1-22-13-2-3-14-11(5-7-23-14)15(13)12-9-20-17-10(8-18)4-6-21(17)16(12)19/h2-7,9H,19H2,1H3. The summed E-state index contributed by atoms with van der Waals surface area (Å²) in [5.41, 5.74) is 9.14. The summed E-state index contributed by atoms with van der Waals surface area (Å²) in [6.07, 6.45) is 3.47. The monoisotopic (exact) mass is 320 g/mol. The molecule has 2 N–H and O–H groups in total. The highest BCUT2D eigenvalue weighted by atomic mass is 32.1. The highest BCUT2D eigenvalue weighted by Crippen LogP contribution is 2.41.